The van der Waals surface area contributed by atoms with E-state index in [1.807, 2.05) is 24.3 Å². The number of carbonyl (C=O) groups excluding carboxylic acids is 1. The maximum absolute atomic E-state index is 12.5. The molecule has 0 radical (unpaired) electrons. The molecule has 2 amide bonds. The van der Waals surface area contributed by atoms with Crippen molar-refractivity contribution in [3.63, 3.8) is 0 Å². The number of rotatable bonds is 4. The molecule has 1 saturated carbocycles. The lowest BCUT2D eigenvalue weighted by molar-refractivity contribution is 0.204. The first-order chi connectivity index (χ1) is 14.6. The summed E-state index contributed by atoms with van der Waals surface area (Å²) in [5, 5.41) is 5.91. The SMILES string of the molecule is NC1C2CN(Cc3ccc(-n4ccc(NC(=O)N5CCNCC5)nc4=O)cc3)C[C@H]12. The molecule has 0 spiro atoms. The van der Waals surface area contributed by atoms with Crippen LogP contribution in [0.3, 0.4) is 0 Å². The van der Waals surface area contributed by atoms with Gasteiger partial charge < -0.3 is 16.0 Å². The van der Waals surface area contributed by atoms with Gasteiger partial charge in [0.25, 0.3) is 0 Å². The third kappa shape index (κ3) is 3.83. The Hall–Kier alpha value is -2.75. The Balaban J connectivity index is 1.22. The molecular formula is C21H27N7O2. The third-order valence-electron chi connectivity index (χ3n) is 6.40. The Morgan fingerprint density at radius 2 is 1.83 bits per heavy atom. The minimum Gasteiger partial charge on any atom is -0.327 e. The van der Waals surface area contributed by atoms with Crippen LogP contribution in [0.5, 0.6) is 0 Å². The third-order valence-corrected chi connectivity index (χ3v) is 6.40. The van der Waals surface area contributed by atoms with Gasteiger partial charge in [-0.1, -0.05) is 12.1 Å². The number of likely N-dealkylation sites (tertiary alicyclic amines) is 1. The molecule has 3 fully saturated rings. The molecule has 5 rings (SSSR count). The van der Waals surface area contributed by atoms with Gasteiger partial charge in [0.15, 0.2) is 0 Å². The van der Waals surface area contributed by atoms with Gasteiger partial charge in [0, 0.05) is 58.1 Å². The predicted octanol–water partition coefficient (Wildman–Crippen LogP) is 0.0585. The lowest BCUT2D eigenvalue weighted by atomic mass is 10.2. The number of piperazine rings is 1. The van der Waals surface area contributed by atoms with E-state index in [4.69, 9.17) is 5.73 Å². The molecule has 4 N–H and O–H groups in total. The number of nitrogens with zero attached hydrogens (tertiary/aromatic N) is 4. The van der Waals surface area contributed by atoms with Crippen LogP contribution in [0.2, 0.25) is 0 Å². The molecule has 2 saturated heterocycles. The van der Waals surface area contributed by atoms with E-state index in [1.165, 1.54) is 10.1 Å². The molecule has 30 heavy (non-hydrogen) atoms. The van der Waals surface area contributed by atoms with Crippen LogP contribution in [0.1, 0.15) is 5.56 Å². The summed E-state index contributed by atoms with van der Waals surface area (Å²) in [5.74, 6) is 1.63. The van der Waals surface area contributed by atoms with Gasteiger partial charge in [0.05, 0.1) is 5.69 Å². The number of urea groups is 1. The highest BCUT2D eigenvalue weighted by Gasteiger charge is 2.53. The first kappa shape index (κ1) is 19.2. The zero-order chi connectivity index (χ0) is 20.7. The minimum atomic E-state index is -0.422. The maximum Gasteiger partial charge on any atom is 0.354 e. The van der Waals surface area contributed by atoms with E-state index >= 15 is 0 Å². The van der Waals surface area contributed by atoms with Crippen molar-refractivity contribution in [1.29, 1.82) is 0 Å². The van der Waals surface area contributed by atoms with Crippen molar-refractivity contribution in [2.45, 2.75) is 12.6 Å². The number of piperidine rings is 1. The lowest BCUT2D eigenvalue weighted by Gasteiger charge is -2.27. The van der Waals surface area contributed by atoms with Crippen molar-refractivity contribution in [1.82, 2.24) is 24.7 Å². The molecule has 1 aromatic heterocycles. The molecule has 9 heteroatoms. The number of benzene rings is 1. The van der Waals surface area contributed by atoms with Crippen LogP contribution in [-0.4, -0.2) is 70.7 Å². The second-order valence-electron chi connectivity index (χ2n) is 8.40. The molecule has 2 aromatic rings. The Morgan fingerprint density at radius 1 is 1.13 bits per heavy atom. The van der Waals surface area contributed by atoms with Crippen molar-refractivity contribution >= 4 is 11.8 Å². The molecule has 2 unspecified atom stereocenters. The van der Waals surface area contributed by atoms with Gasteiger partial charge in [-0.3, -0.25) is 14.8 Å². The Kier molecular flexibility index (Phi) is 5.01. The number of hydrogen-bond acceptors (Lipinski definition) is 6. The molecule has 158 valence electrons. The van der Waals surface area contributed by atoms with E-state index < -0.39 is 5.69 Å². The highest BCUT2D eigenvalue weighted by molar-refractivity contribution is 5.88. The van der Waals surface area contributed by atoms with E-state index in [9.17, 15) is 9.59 Å². The monoisotopic (exact) mass is 409 g/mol. The molecule has 1 aromatic carbocycles. The summed E-state index contributed by atoms with van der Waals surface area (Å²) in [7, 11) is 0. The van der Waals surface area contributed by atoms with Gasteiger partial charge in [-0.05, 0) is 35.6 Å². The molecule has 0 bridgehead atoms. The summed E-state index contributed by atoms with van der Waals surface area (Å²) < 4.78 is 1.48. The van der Waals surface area contributed by atoms with E-state index in [0.717, 1.165) is 38.4 Å². The van der Waals surface area contributed by atoms with Gasteiger partial charge >= 0.3 is 11.7 Å². The highest BCUT2D eigenvalue weighted by atomic mass is 16.2. The Labute approximate surface area is 174 Å². The summed E-state index contributed by atoms with van der Waals surface area (Å²) in [5.41, 5.74) is 7.56. The summed E-state index contributed by atoms with van der Waals surface area (Å²) in [6.45, 7) is 5.89. The van der Waals surface area contributed by atoms with Crippen molar-refractivity contribution in [2.24, 2.45) is 17.6 Å². The highest BCUT2D eigenvalue weighted by Crippen LogP contribution is 2.44. The van der Waals surface area contributed by atoms with Crippen LogP contribution in [0, 0.1) is 11.8 Å². The first-order valence-electron chi connectivity index (χ1n) is 10.5. The smallest absolute Gasteiger partial charge is 0.327 e. The summed E-state index contributed by atoms with van der Waals surface area (Å²) in [4.78, 5) is 32.9. The van der Waals surface area contributed by atoms with Crippen LogP contribution in [0.25, 0.3) is 5.69 Å². The van der Waals surface area contributed by atoms with Gasteiger partial charge in [-0.25, -0.2) is 9.59 Å². The zero-order valence-electron chi connectivity index (χ0n) is 16.8. The number of nitrogens with two attached hydrogens (primary N) is 1. The number of aromatic nitrogens is 2. The molecular weight excluding hydrogens is 382 g/mol. The minimum absolute atomic E-state index is 0.231. The molecule has 2 aliphatic heterocycles. The van der Waals surface area contributed by atoms with Gasteiger partial charge in [0.1, 0.15) is 5.82 Å². The second-order valence-corrected chi connectivity index (χ2v) is 8.40. The van der Waals surface area contributed by atoms with E-state index in [-0.39, 0.29) is 11.8 Å². The van der Waals surface area contributed by atoms with Gasteiger partial charge in [0.2, 0.25) is 0 Å². The van der Waals surface area contributed by atoms with Gasteiger partial charge in [-0.15, -0.1) is 0 Å². The van der Waals surface area contributed by atoms with Crippen LogP contribution < -0.4 is 22.1 Å². The fourth-order valence-corrected chi connectivity index (χ4v) is 4.53. The number of nitrogens with one attached hydrogen (secondary N) is 2. The predicted molar refractivity (Wildman–Crippen MR) is 114 cm³/mol. The zero-order valence-corrected chi connectivity index (χ0v) is 16.8. The number of amides is 2. The number of anilines is 1. The standard InChI is InChI=1S/C21H27N7O2/c22-19-16-12-26(13-17(16)19)11-14-1-3-15(4-2-14)28-8-5-18(25-21(28)30)24-20(29)27-9-6-23-7-10-27/h1-5,8,16-17,19,23H,6-7,9-13,22H2,(H,24,25,29,30)/t16-,17?,19?/m0/s1. The van der Waals surface area contributed by atoms with Crippen molar-refractivity contribution < 1.29 is 4.79 Å². The second kappa shape index (κ2) is 7.82. The molecule has 9 nitrogen and oxygen atoms in total. The first-order valence-corrected chi connectivity index (χ1v) is 10.5. The Morgan fingerprint density at radius 3 is 2.50 bits per heavy atom. The molecule has 3 atom stereocenters. The Bertz CT molecular complexity index is 972. The van der Waals surface area contributed by atoms with Crippen molar-refractivity contribution in [2.75, 3.05) is 44.6 Å². The van der Waals surface area contributed by atoms with Crippen LogP contribution >= 0.6 is 0 Å². The average Bonchev–Trinajstić information content (AvgIpc) is 3.16. The number of hydrogen-bond donors (Lipinski definition) is 3. The molecule has 3 aliphatic rings. The van der Waals surface area contributed by atoms with E-state index in [2.05, 4.69) is 20.5 Å². The number of carbonyl (C=O) groups is 1. The van der Waals surface area contributed by atoms with E-state index in [1.54, 1.807) is 17.2 Å². The van der Waals surface area contributed by atoms with E-state index in [0.29, 0.717) is 31.0 Å². The largest absolute Gasteiger partial charge is 0.354 e. The molecule has 3 heterocycles. The van der Waals surface area contributed by atoms with Crippen molar-refractivity contribution in [3.05, 3.63) is 52.6 Å². The topological polar surface area (TPSA) is 109 Å². The van der Waals surface area contributed by atoms with Crippen LogP contribution in [0.4, 0.5) is 10.6 Å². The lowest BCUT2D eigenvalue weighted by Crippen LogP contribution is -2.48. The number of fused-ring (bicyclic) bond motifs is 1. The van der Waals surface area contributed by atoms with Crippen molar-refractivity contribution in [3.8, 4) is 5.69 Å². The normalized spacial score (nSPS) is 25.8. The summed E-state index contributed by atoms with van der Waals surface area (Å²) >= 11 is 0. The quantitative estimate of drug-likeness (QED) is 0.659. The van der Waals surface area contributed by atoms with Crippen LogP contribution in [0.15, 0.2) is 41.3 Å². The van der Waals surface area contributed by atoms with Gasteiger partial charge in [-0.2, -0.15) is 4.98 Å². The average molecular weight is 409 g/mol. The van der Waals surface area contributed by atoms with Crippen LogP contribution in [-0.2, 0) is 6.54 Å². The molecule has 1 aliphatic carbocycles. The fraction of sp³-hybridized carbons (Fsp3) is 0.476. The maximum atomic E-state index is 12.5. The summed E-state index contributed by atoms with van der Waals surface area (Å²) in [6.07, 6.45) is 1.65. The fourth-order valence-electron chi connectivity index (χ4n) is 4.53. The summed E-state index contributed by atoms with van der Waals surface area (Å²) in [6, 6.07) is 9.78.